The number of anilines is 1. The number of nitrogens with one attached hydrogen (secondary N) is 1. The summed E-state index contributed by atoms with van der Waals surface area (Å²) in [5.41, 5.74) is -0.956. The van der Waals surface area contributed by atoms with E-state index in [9.17, 15) is 31.2 Å². The predicted molar refractivity (Wildman–Crippen MR) is 113 cm³/mol. The first-order valence-corrected chi connectivity index (χ1v) is 12.0. The standard InChI is InChI=1S/C19H21ClF3N3O6S/c1-3-26-18(28)12(8-24-26)17(27)11-4-5-13(33(2,29)30)16(15(11)20)25-6-7-31-14(9-25)32-10-19(21,22)23/h4-5,8,14,24H,3,6-7,9-10H2,1-2H3. The van der Waals surface area contributed by atoms with Crippen LogP contribution in [0.5, 0.6) is 0 Å². The Labute approximate surface area is 191 Å². The Bertz CT molecular complexity index is 1210. The van der Waals surface area contributed by atoms with Crippen molar-refractivity contribution in [2.45, 2.75) is 30.8 Å². The van der Waals surface area contributed by atoms with Crippen molar-refractivity contribution in [1.29, 1.82) is 0 Å². The number of alkyl halides is 3. The van der Waals surface area contributed by atoms with Gasteiger partial charge in [-0.1, -0.05) is 11.6 Å². The Morgan fingerprint density at radius 1 is 1.33 bits per heavy atom. The summed E-state index contributed by atoms with van der Waals surface area (Å²) in [5, 5.41) is 2.40. The van der Waals surface area contributed by atoms with Crippen LogP contribution >= 0.6 is 11.6 Å². The molecule has 1 aliphatic heterocycles. The molecule has 2 aromatic rings. The first kappa shape index (κ1) is 25.3. The third-order valence-corrected chi connectivity index (χ3v) is 6.42. The molecule has 1 saturated heterocycles. The lowest BCUT2D eigenvalue weighted by molar-refractivity contribution is -0.229. The van der Waals surface area contributed by atoms with E-state index in [1.54, 1.807) is 6.92 Å². The number of rotatable bonds is 7. The summed E-state index contributed by atoms with van der Waals surface area (Å²) in [4.78, 5) is 26.6. The minimum atomic E-state index is -4.57. The second kappa shape index (κ2) is 9.49. The van der Waals surface area contributed by atoms with E-state index in [0.29, 0.717) is 6.54 Å². The fraction of sp³-hybridized carbons (Fsp3) is 0.474. The number of nitrogens with zero attached hydrogens (tertiary/aromatic N) is 2. The van der Waals surface area contributed by atoms with Gasteiger partial charge in [-0.25, -0.2) is 8.42 Å². The van der Waals surface area contributed by atoms with Crippen molar-refractivity contribution in [1.82, 2.24) is 9.78 Å². The van der Waals surface area contributed by atoms with Gasteiger partial charge in [0.15, 0.2) is 16.1 Å². The number of ketones is 1. The number of hydrogen-bond acceptors (Lipinski definition) is 7. The van der Waals surface area contributed by atoms with Crippen LogP contribution in [0.4, 0.5) is 18.9 Å². The maximum Gasteiger partial charge on any atom is 0.411 e. The molecule has 0 amide bonds. The van der Waals surface area contributed by atoms with Crippen LogP contribution in [0.15, 0.2) is 28.0 Å². The van der Waals surface area contributed by atoms with Gasteiger partial charge in [0, 0.05) is 31.1 Å². The molecule has 1 aromatic heterocycles. The van der Waals surface area contributed by atoms with Crippen molar-refractivity contribution >= 4 is 32.9 Å². The van der Waals surface area contributed by atoms with E-state index < -0.39 is 40.3 Å². The normalized spacial score (nSPS) is 17.4. The van der Waals surface area contributed by atoms with Crippen LogP contribution < -0.4 is 10.5 Å². The molecular weight excluding hydrogens is 491 g/mol. The minimum absolute atomic E-state index is 0.0692. The number of carbonyl (C=O) groups is 1. The van der Waals surface area contributed by atoms with Crippen LogP contribution in [0.3, 0.4) is 0 Å². The van der Waals surface area contributed by atoms with Gasteiger partial charge in [0.05, 0.1) is 28.8 Å². The molecule has 0 aliphatic carbocycles. The van der Waals surface area contributed by atoms with Gasteiger partial charge in [0.25, 0.3) is 5.56 Å². The smallest absolute Gasteiger partial charge is 0.362 e. The number of carbonyl (C=O) groups excluding carboxylic acids is 1. The Balaban J connectivity index is 2.03. The van der Waals surface area contributed by atoms with Crippen molar-refractivity contribution in [2.24, 2.45) is 0 Å². The van der Waals surface area contributed by atoms with Crippen LogP contribution in [0.25, 0.3) is 0 Å². The van der Waals surface area contributed by atoms with Gasteiger partial charge in [-0.05, 0) is 19.1 Å². The fourth-order valence-corrected chi connectivity index (χ4v) is 4.70. The highest BCUT2D eigenvalue weighted by Gasteiger charge is 2.34. The number of aromatic nitrogens is 2. The number of sulfone groups is 1. The van der Waals surface area contributed by atoms with Gasteiger partial charge in [-0.2, -0.15) is 13.2 Å². The molecule has 1 atom stereocenters. The molecule has 0 radical (unpaired) electrons. The molecule has 0 spiro atoms. The minimum Gasteiger partial charge on any atom is -0.362 e. The number of hydrogen-bond donors (Lipinski definition) is 1. The fourth-order valence-electron chi connectivity index (χ4n) is 3.38. The van der Waals surface area contributed by atoms with Crippen molar-refractivity contribution in [3.8, 4) is 0 Å². The van der Waals surface area contributed by atoms with Gasteiger partial charge < -0.3 is 19.5 Å². The lowest BCUT2D eigenvalue weighted by atomic mass is 10.0. The zero-order valence-corrected chi connectivity index (χ0v) is 19.2. The molecule has 2 heterocycles. The molecule has 0 bridgehead atoms. The van der Waals surface area contributed by atoms with E-state index >= 15 is 0 Å². The highest BCUT2D eigenvalue weighted by atomic mass is 35.5. The quantitative estimate of drug-likeness (QED) is 0.567. The molecule has 33 heavy (non-hydrogen) atoms. The molecule has 1 unspecified atom stereocenters. The zero-order valence-electron chi connectivity index (χ0n) is 17.6. The molecule has 1 aliphatic rings. The van der Waals surface area contributed by atoms with Crippen LogP contribution in [-0.4, -0.2) is 69.0 Å². The van der Waals surface area contributed by atoms with E-state index in [1.807, 2.05) is 0 Å². The molecule has 0 saturated carbocycles. The third-order valence-electron chi connectivity index (χ3n) is 4.91. The van der Waals surface area contributed by atoms with Gasteiger partial charge >= 0.3 is 6.18 Å². The van der Waals surface area contributed by atoms with Gasteiger partial charge in [-0.15, -0.1) is 0 Å². The van der Waals surface area contributed by atoms with Crippen molar-refractivity contribution in [3.63, 3.8) is 0 Å². The number of ether oxygens (including phenoxy) is 2. The number of halogens is 4. The molecule has 9 nitrogen and oxygen atoms in total. The molecule has 182 valence electrons. The summed E-state index contributed by atoms with van der Waals surface area (Å²) >= 11 is 6.48. The average molecular weight is 512 g/mol. The van der Waals surface area contributed by atoms with E-state index in [-0.39, 0.29) is 46.4 Å². The van der Waals surface area contributed by atoms with E-state index in [0.717, 1.165) is 6.26 Å². The van der Waals surface area contributed by atoms with E-state index in [4.69, 9.17) is 21.1 Å². The molecule has 1 fully saturated rings. The highest BCUT2D eigenvalue weighted by Crippen LogP contribution is 2.37. The lowest BCUT2D eigenvalue weighted by Crippen LogP contribution is -2.45. The number of H-pyrrole nitrogens is 1. The maximum atomic E-state index is 13.0. The van der Waals surface area contributed by atoms with E-state index in [2.05, 4.69) is 5.10 Å². The Hall–Kier alpha value is -2.35. The predicted octanol–water partition coefficient (Wildman–Crippen LogP) is 2.23. The van der Waals surface area contributed by atoms with Crippen LogP contribution in [0, 0.1) is 0 Å². The summed E-state index contributed by atoms with van der Waals surface area (Å²) in [6.07, 6.45) is -3.71. The molecular formula is C19H21ClF3N3O6S. The molecule has 1 aromatic carbocycles. The summed E-state index contributed by atoms with van der Waals surface area (Å²) in [6.45, 7) is 0.202. The maximum absolute atomic E-state index is 13.0. The zero-order chi connectivity index (χ0) is 24.6. The number of aromatic amines is 1. The van der Waals surface area contributed by atoms with Crippen LogP contribution in [-0.2, 0) is 25.9 Å². The van der Waals surface area contributed by atoms with Crippen molar-refractivity contribution in [3.05, 3.63) is 44.8 Å². The Kier molecular flexibility index (Phi) is 7.27. The van der Waals surface area contributed by atoms with Crippen molar-refractivity contribution in [2.75, 3.05) is 37.5 Å². The third kappa shape index (κ3) is 5.60. The number of benzene rings is 1. The monoisotopic (exact) mass is 511 g/mol. The SMILES string of the molecule is CCn1[nH]cc(C(=O)c2ccc(S(C)(=O)=O)c(N3CCOC(OCC(F)(F)F)C3)c2Cl)c1=O. The van der Waals surface area contributed by atoms with Crippen molar-refractivity contribution < 1.29 is 35.9 Å². The van der Waals surface area contributed by atoms with Gasteiger partial charge in [0.2, 0.25) is 5.78 Å². The summed E-state index contributed by atoms with van der Waals surface area (Å²) in [7, 11) is -3.84. The number of morpholine rings is 1. The van der Waals surface area contributed by atoms with Gasteiger partial charge in [0.1, 0.15) is 12.2 Å². The highest BCUT2D eigenvalue weighted by molar-refractivity contribution is 7.90. The Morgan fingerprint density at radius 2 is 2.03 bits per heavy atom. The number of aryl methyl sites for hydroxylation is 1. The largest absolute Gasteiger partial charge is 0.411 e. The molecule has 3 rings (SSSR count). The van der Waals surface area contributed by atoms with Crippen LogP contribution in [0.1, 0.15) is 22.8 Å². The van der Waals surface area contributed by atoms with E-state index in [1.165, 1.54) is 27.9 Å². The van der Waals surface area contributed by atoms with Crippen LogP contribution in [0.2, 0.25) is 5.02 Å². The first-order valence-electron chi connectivity index (χ1n) is 9.74. The summed E-state index contributed by atoms with van der Waals surface area (Å²) < 4.78 is 73.5. The summed E-state index contributed by atoms with van der Waals surface area (Å²) in [6, 6.07) is 2.38. The first-order chi connectivity index (χ1) is 15.3. The molecule has 1 N–H and O–H groups in total. The lowest BCUT2D eigenvalue weighted by Gasteiger charge is -2.36. The second-order valence-corrected chi connectivity index (χ2v) is 9.65. The topological polar surface area (TPSA) is 111 Å². The second-order valence-electron chi connectivity index (χ2n) is 7.28. The summed E-state index contributed by atoms with van der Waals surface area (Å²) in [5.74, 6) is -0.729. The van der Waals surface area contributed by atoms with Gasteiger partial charge in [-0.3, -0.25) is 14.3 Å². The Morgan fingerprint density at radius 3 is 2.61 bits per heavy atom. The molecule has 14 heteroatoms. The average Bonchev–Trinajstić information content (AvgIpc) is 3.11.